The number of carbonyl (C=O) groups excluding carboxylic acids is 2. The van der Waals surface area contributed by atoms with E-state index in [4.69, 9.17) is 14.7 Å². The summed E-state index contributed by atoms with van der Waals surface area (Å²) < 4.78 is 20.0. The van der Waals surface area contributed by atoms with Crippen molar-refractivity contribution in [2.45, 2.75) is 53.2 Å². The zero-order chi connectivity index (χ0) is 26.1. The van der Waals surface area contributed by atoms with E-state index in [0.717, 1.165) is 11.1 Å². The highest BCUT2D eigenvalue weighted by Crippen LogP contribution is 2.36. The van der Waals surface area contributed by atoms with E-state index in [1.54, 1.807) is 22.8 Å². The van der Waals surface area contributed by atoms with Crippen molar-refractivity contribution in [2.24, 2.45) is 0 Å². The Morgan fingerprint density at radius 2 is 1.86 bits per heavy atom. The molecule has 0 spiro atoms. The maximum Gasteiger partial charge on any atom is 0.273 e. The van der Waals surface area contributed by atoms with Crippen molar-refractivity contribution in [3.05, 3.63) is 40.8 Å². The third-order valence-electron chi connectivity index (χ3n) is 7.05. The third kappa shape index (κ3) is 4.81. The van der Waals surface area contributed by atoms with E-state index in [1.165, 1.54) is 6.07 Å². The Bertz CT molecular complexity index is 1150. The Balaban J connectivity index is 1.70. The molecular weight excluding hydrogens is 463 g/mol. The molecule has 0 saturated carbocycles. The van der Waals surface area contributed by atoms with Crippen molar-refractivity contribution in [3.8, 4) is 5.75 Å². The smallest absolute Gasteiger partial charge is 0.273 e. The molecule has 1 aromatic carbocycles. The lowest BCUT2D eigenvalue weighted by Crippen LogP contribution is -2.48. The molecule has 36 heavy (non-hydrogen) atoms. The van der Waals surface area contributed by atoms with Gasteiger partial charge in [0, 0.05) is 51.8 Å². The van der Waals surface area contributed by atoms with Crippen LogP contribution < -0.4 is 14.5 Å². The highest BCUT2D eigenvalue weighted by molar-refractivity contribution is 5.98. The molecule has 1 fully saturated rings. The molecule has 2 aromatic rings. The van der Waals surface area contributed by atoms with Gasteiger partial charge in [0.05, 0.1) is 19.2 Å². The van der Waals surface area contributed by atoms with E-state index in [0.29, 0.717) is 56.8 Å². The van der Waals surface area contributed by atoms with E-state index in [9.17, 15) is 14.0 Å². The van der Waals surface area contributed by atoms with E-state index >= 15 is 0 Å². The molecule has 194 valence electrons. The molecule has 3 heterocycles. The summed E-state index contributed by atoms with van der Waals surface area (Å²) in [6.07, 6.45) is 0. The van der Waals surface area contributed by atoms with Gasteiger partial charge < -0.3 is 24.3 Å². The third-order valence-corrected chi connectivity index (χ3v) is 7.05. The standard InChI is InChI=1S/C26H35FN6O3/c1-7-36-22-9-8-19(14-21(22)27)17(4)30(6)24-20-15-33(16(2)3)25(35)23(20)28-26(29-24)32-12-10-31(11-13-32)18(5)34/h8-9,14,16-17H,7,10-13,15H2,1-6H3/t17-/m1/s1. The number of anilines is 2. The zero-order valence-electron chi connectivity index (χ0n) is 21.9. The SMILES string of the molecule is CCOc1ccc([C@@H](C)N(C)c2nc(N3CCN(C(C)=O)CC3)nc3c2CN(C(C)C)C3=O)cc1F. The number of carbonyl (C=O) groups is 2. The second-order valence-corrected chi connectivity index (χ2v) is 9.60. The van der Waals surface area contributed by atoms with Crippen LogP contribution in [0.15, 0.2) is 18.2 Å². The monoisotopic (exact) mass is 498 g/mol. The average Bonchev–Trinajstić information content (AvgIpc) is 3.20. The Kier molecular flexibility index (Phi) is 7.33. The largest absolute Gasteiger partial charge is 0.491 e. The molecule has 2 aliphatic rings. The van der Waals surface area contributed by atoms with Gasteiger partial charge in [-0.25, -0.2) is 9.37 Å². The minimum Gasteiger partial charge on any atom is -0.491 e. The molecule has 2 amide bonds. The molecule has 0 bridgehead atoms. The number of amides is 2. The summed E-state index contributed by atoms with van der Waals surface area (Å²) >= 11 is 0. The molecule has 1 saturated heterocycles. The Morgan fingerprint density at radius 3 is 2.44 bits per heavy atom. The van der Waals surface area contributed by atoms with Gasteiger partial charge in [0.25, 0.3) is 5.91 Å². The first-order chi connectivity index (χ1) is 17.1. The van der Waals surface area contributed by atoms with Crippen molar-refractivity contribution < 1.29 is 18.7 Å². The maximum absolute atomic E-state index is 14.6. The number of ether oxygens (including phenoxy) is 1. The number of benzene rings is 1. The molecule has 9 nitrogen and oxygen atoms in total. The Morgan fingerprint density at radius 1 is 1.17 bits per heavy atom. The number of fused-ring (bicyclic) bond motifs is 1. The molecule has 0 aliphatic carbocycles. The van der Waals surface area contributed by atoms with Crippen LogP contribution in [0.4, 0.5) is 16.2 Å². The highest BCUT2D eigenvalue weighted by Gasteiger charge is 2.36. The zero-order valence-corrected chi connectivity index (χ0v) is 21.9. The van der Waals surface area contributed by atoms with Gasteiger partial charge in [-0.15, -0.1) is 0 Å². The van der Waals surface area contributed by atoms with Crippen molar-refractivity contribution >= 4 is 23.6 Å². The van der Waals surface area contributed by atoms with Crippen LogP contribution in [-0.2, 0) is 11.3 Å². The molecule has 1 aromatic heterocycles. The average molecular weight is 499 g/mol. The van der Waals surface area contributed by atoms with Crippen molar-refractivity contribution in [1.82, 2.24) is 19.8 Å². The number of halogens is 1. The maximum atomic E-state index is 14.6. The predicted octanol–water partition coefficient (Wildman–Crippen LogP) is 3.24. The summed E-state index contributed by atoms with van der Waals surface area (Å²) in [5, 5.41) is 0. The lowest BCUT2D eigenvalue weighted by atomic mass is 10.1. The van der Waals surface area contributed by atoms with Crippen molar-refractivity contribution in [1.29, 1.82) is 0 Å². The fourth-order valence-corrected chi connectivity index (χ4v) is 4.69. The first-order valence-electron chi connectivity index (χ1n) is 12.5. The molecular formula is C26H35FN6O3. The number of nitrogens with zero attached hydrogens (tertiary/aromatic N) is 6. The van der Waals surface area contributed by atoms with Gasteiger partial charge in [-0.1, -0.05) is 6.07 Å². The summed E-state index contributed by atoms with van der Waals surface area (Å²) in [5.74, 6) is 0.881. The summed E-state index contributed by atoms with van der Waals surface area (Å²) in [4.78, 5) is 42.2. The quantitative estimate of drug-likeness (QED) is 0.580. The topological polar surface area (TPSA) is 82.1 Å². The van der Waals surface area contributed by atoms with Gasteiger partial charge in [-0.05, 0) is 45.4 Å². The van der Waals surface area contributed by atoms with E-state index in [1.807, 2.05) is 50.6 Å². The Labute approximate surface area is 211 Å². The first kappa shape index (κ1) is 25.7. The molecule has 1 atom stereocenters. The van der Waals surface area contributed by atoms with Gasteiger partial charge in [0.2, 0.25) is 11.9 Å². The number of aromatic nitrogens is 2. The molecule has 2 aliphatic heterocycles. The van der Waals surface area contributed by atoms with E-state index < -0.39 is 5.82 Å². The van der Waals surface area contributed by atoms with Crippen molar-refractivity contribution in [3.63, 3.8) is 0 Å². The van der Waals surface area contributed by atoms with Crippen LogP contribution in [0, 0.1) is 5.82 Å². The molecule has 10 heteroatoms. The molecule has 0 unspecified atom stereocenters. The van der Waals surface area contributed by atoms with Gasteiger partial charge in [0.15, 0.2) is 11.6 Å². The Hall–Kier alpha value is -3.43. The minimum absolute atomic E-state index is 0.0186. The number of piperazine rings is 1. The van der Waals surface area contributed by atoms with Crippen LogP contribution >= 0.6 is 0 Å². The fraction of sp³-hybridized carbons (Fsp3) is 0.538. The summed E-state index contributed by atoms with van der Waals surface area (Å²) in [5.41, 5.74) is 1.96. The number of rotatable bonds is 7. The van der Waals surface area contributed by atoms with E-state index in [-0.39, 0.29) is 29.6 Å². The van der Waals surface area contributed by atoms with E-state index in [2.05, 4.69) is 0 Å². The summed E-state index contributed by atoms with van der Waals surface area (Å²) in [7, 11) is 1.90. The number of hydrogen-bond donors (Lipinski definition) is 0. The fourth-order valence-electron chi connectivity index (χ4n) is 4.69. The molecule has 0 N–H and O–H groups in total. The first-order valence-corrected chi connectivity index (χ1v) is 12.5. The second-order valence-electron chi connectivity index (χ2n) is 9.60. The van der Waals surface area contributed by atoms with Crippen LogP contribution in [0.25, 0.3) is 0 Å². The van der Waals surface area contributed by atoms with Crippen molar-refractivity contribution in [2.75, 3.05) is 49.6 Å². The predicted molar refractivity (Wildman–Crippen MR) is 136 cm³/mol. The van der Waals surface area contributed by atoms with Crippen LogP contribution in [0.2, 0.25) is 0 Å². The minimum atomic E-state index is -0.410. The molecule has 0 radical (unpaired) electrons. The van der Waals surface area contributed by atoms with Gasteiger partial charge >= 0.3 is 0 Å². The second kappa shape index (κ2) is 10.3. The van der Waals surface area contributed by atoms with Gasteiger partial charge in [0.1, 0.15) is 11.5 Å². The highest BCUT2D eigenvalue weighted by atomic mass is 19.1. The number of hydrogen-bond acceptors (Lipinski definition) is 7. The lowest BCUT2D eigenvalue weighted by molar-refractivity contribution is -0.129. The molecule has 4 rings (SSSR count). The van der Waals surface area contributed by atoms with Crippen LogP contribution in [-0.4, -0.2) is 77.5 Å². The van der Waals surface area contributed by atoms with Gasteiger partial charge in [-0.2, -0.15) is 4.98 Å². The van der Waals surface area contributed by atoms with Gasteiger partial charge in [-0.3, -0.25) is 9.59 Å². The van der Waals surface area contributed by atoms with Crippen LogP contribution in [0.1, 0.15) is 62.3 Å². The summed E-state index contributed by atoms with van der Waals surface area (Å²) in [6, 6.07) is 4.78. The normalized spacial score (nSPS) is 16.4. The van der Waals surface area contributed by atoms with Crippen LogP contribution in [0.5, 0.6) is 5.75 Å². The summed E-state index contributed by atoms with van der Waals surface area (Å²) in [6.45, 7) is 12.5. The lowest BCUT2D eigenvalue weighted by Gasteiger charge is -2.35. The van der Waals surface area contributed by atoms with Crippen LogP contribution in [0.3, 0.4) is 0 Å².